The second-order valence-electron chi connectivity index (χ2n) is 4.77. The summed E-state index contributed by atoms with van der Waals surface area (Å²) in [5, 5.41) is 9.21. The third-order valence-corrected chi connectivity index (χ3v) is 4.51. The highest BCUT2D eigenvalue weighted by Crippen LogP contribution is 2.20. The molecule has 0 spiro atoms. The lowest BCUT2D eigenvalue weighted by molar-refractivity contribution is 0.0677. The highest BCUT2D eigenvalue weighted by atomic mass is 32.2. The topological polar surface area (TPSA) is 74.7 Å². The van der Waals surface area contributed by atoms with Crippen molar-refractivity contribution in [3.63, 3.8) is 0 Å². The van der Waals surface area contributed by atoms with Crippen molar-refractivity contribution in [1.82, 2.24) is 4.90 Å². The highest BCUT2D eigenvalue weighted by molar-refractivity contribution is 7.90. The normalized spacial score (nSPS) is 19.7. The Hall–Kier alpha value is -1.40. The average Bonchev–Trinajstić information content (AvgIpc) is 2.85. The van der Waals surface area contributed by atoms with E-state index in [-0.39, 0.29) is 23.5 Å². The number of aliphatic hydroxyl groups excluding tert-OH is 1. The zero-order valence-corrected chi connectivity index (χ0v) is 11.6. The zero-order valence-electron chi connectivity index (χ0n) is 10.7. The molecule has 19 heavy (non-hydrogen) atoms. The van der Waals surface area contributed by atoms with Crippen LogP contribution in [0.2, 0.25) is 0 Å². The van der Waals surface area contributed by atoms with Gasteiger partial charge in [0.05, 0.1) is 17.5 Å². The lowest BCUT2D eigenvalue weighted by atomic mass is 10.2. The first kappa shape index (κ1) is 14.0. The Morgan fingerprint density at radius 3 is 2.53 bits per heavy atom. The summed E-state index contributed by atoms with van der Waals surface area (Å²) < 4.78 is 22.7. The first-order valence-electron chi connectivity index (χ1n) is 6.15. The molecule has 1 heterocycles. The van der Waals surface area contributed by atoms with E-state index >= 15 is 0 Å². The second kappa shape index (κ2) is 5.30. The van der Waals surface area contributed by atoms with Gasteiger partial charge >= 0.3 is 0 Å². The Kier molecular flexibility index (Phi) is 3.91. The molecule has 1 aromatic carbocycles. The van der Waals surface area contributed by atoms with Crippen LogP contribution >= 0.6 is 0 Å². The van der Waals surface area contributed by atoms with E-state index in [0.717, 1.165) is 19.1 Å². The predicted molar refractivity (Wildman–Crippen MR) is 70.7 cm³/mol. The summed E-state index contributed by atoms with van der Waals surface area (Å²) in [4.78, 5) is 14.1. The molecule has 1 amide bonds. The molecule has 1 aromatic rings. The quantitative estimate of drug-likeness (QED) is 0.885. The molecule has 6 heteroatoms. The standard InChI is InChI=1S/C13H17NO4S/c1-19(17,18)12-6-4-10(5-7-12)13(16)14-8-2-3-11(14)9-15/h4-7,11,15H,2-3,8-9H2,1H3/t11-/m0/s1. The summed E-state index contributed by atoms with van der Waals surface area (Å²) in [6.45, 7) is 0.602. The fraction of sp³-hybridized carbons (Fsp3) is 0.462. The van der Waals surface area contributed by atoms with E-state index in [1.165, 1.54) is 24.3 Å². The molecule has 0 unspecified atom stereocenters. The fourth-order valence-corrected chi connectivity index (χ4v) is 2.93. The lowest BCUT2D eigenvalue weighted by Gasteiger charge is -2.23. The lowest BCUT2D eigenvalue weighted by Crippen LogP contribution is -2.37. The van der Waals surface area contributed by atoms with Crippen LogP contribution in [0.15, 0.2) is 29.2 Å². The Morgan fingerprint density at radius 1 is 1.37 bits per heavy atom. The third-order valence-electron chi connectivity index (χ3n) is 3.38. The maximum Gasteiger partial charge on any atom is 0.254 e. The van der Waals surface area contributed by atoms with Crippen LogP contribution < -0.4 is 0 Å². The van der Waals surface area contributed by atoms with Crippen molar-refractivity contribution in [3.8, 4) is 0 Å². The van der Waals surface area contributed by atoms with Crippen LogP contribution in [-0.4, -0.2) is 49.8 Å². The van der Waals surface area contributed by atoms with Crippen LogP contribution in [0.1, 0.15) is 23.2 Å². The number of aliphatic hydroxyl groups is 1. The van der Waals surface area contributed by atoms with Gasteiger partial charge < -0.3 is 10.0 Å². The number of carbonyl (C=O) groups is 1. The fourth-order valence-electron chi connectivity index (χ4n) is 2.30. The highest BCUT2D eigenvalue weighted by Gasteiger charge is 2.28. The van der Waals surface area contributed by atoms with Gasteiger partial charge in [-0.2, -0.15) is 0 Å². The van der Waals surface area contributed by atoms with Crippen molar-refractivity contribution in [2.75, 3.05) is 19.4 Å². The van der Waals surface area contributed by atoms with Crippen LogP contribution in [0.4, 0.5) is 0 Å². The van der Waals surface area contributed by atoms with Crippen LogP contribution in [0.5, 0.6) is 0 Å². The van der Waals surface area contributed by atoms with E-state index in [1.807, 2.05) is 0 Å². The van der Waals surface area contributed by atoms with Crippen LogP contribution in [0.3, 0.4) is 0 Å². The second-order valence-corrected chi connectivity index (χ2v) is 6.79. The minimum absolute atomic E-state index is 0.0346. The molecule has 0 radical (unpaired) electrons. The first-order chi connectivity index (χ1) is 8.93. The Bertz CT molecular complexity index is 565. The van der Waals surface area contributed by atoms with Gasteiger partial charge in [0.1, 0.15) is 0 Å². The van der Waals surface area contributed by atoms with E-state index in [0.29, 0.717) is 12.1 Å². The molecule has 1 N–H and O–H groups in total. The number of likely N-dealkylation sites (tertiary alicyclic amines) is 1. The van der Waals surface area contributed by atoms with Gasteiger partial charge in [0.15, 0.2) is 9.84 Å². The van der Waals surface area contributed by atoms with Gasteiger partial charge in [-0.25, -0.2) is 8.42 Å². The summed E-state index contributed by atoms with van der Waals surface area (Å²) in [5.74, 6) is -0.156. The maximum atomic E-state index is 12.2. The predicted octanol–water partition coefficient (Wildman–Crippen LogP) is 0.687. The van der Waals surface area contributed by atoms with E-state index in [1.54, 1.807) is 4.90 Å². The molecule has 0 bridgehead atoms. The van der Waals surface area contributed by atoms with Crippen molar-refractivity contribution in [2.45, 2.75) is 23.8 Å². The number of benzene rings is 1. The molecule has 5 nitrogen and oxygen atoms in total. The van der Waals surface area contributed by atoms with Crippen molar-refractivity contribution in [2.24, 2.45) is 0 Å². The minimum Gasteiger partial charge on any atom is -0.394 e. The van der Waals surface area contributed by atoms with Crippen LogP contribution in [0, 0.1) is 0 Å². The molecular weight excluding hydrogens is 266 g/mol. The van der Waals surface area contributed by atoms with Gasteiger partial charge in [-0.1, -0.05) is 0 Å². The van der Waals surface area contributed by atoms with Gasteiger partial charge in [-0.3, -0.25) is 4.79 Å². The Balaban J connectivity index is 2.21. The molecule has 2 rings (SSSR count). The molecule has 1 aliphatic rings. The van der Waals surface area contributed by atoms with E-state index in [9.17, 15) is 18.3 Å². The monoisotopic (exact) mass is 283 g/mol. The van der Waals surface area contributed by atoms with Crippen molar-refractivity contribution < 1.29 is 18.3 Å². The SMILES string of the molecule is CS(=O)(=O)c1ccc(C(=O)N2CCC[C@H]2CO)cc1. The summed E-state index contributed by atoms with van der Waals surface area (Å²) >= 11 is 0. The molecule has 1 saturated heterocycles. The molecule has 104 valence electrons. The maximum absolute atomic E-state index is 12.2. The number of rotatable bonds is 3. The minimum atomic E-state index is -3.24. The summed E-state index contributed by atoms with van der Waals surface area (Å²) in [6.07, 6.45) is 2.83. The molecule has 1 aliphatic heterocycles. The Morgan fingerprint density at radius 2 is 2.00 bits per heavy atom. The largest absolute Gasteiger partial charge is 0.394 e. The summed E-state index contributed by atoms with van der Waals surface area (Å²) in [5.41, 5.74) is 0.452. The van der Waals surface area contributed by atoms with Crippen LogP contribution in [-0.2, 0) is 9.84 Å². The van der Waals surface area contributed by atoms with Gasteiger partial charge in [0, 0.05) is 18.4 Å². The van der Waals surface area contributed by atoms with E-state index < -0.39 is 9.84 Å². The third kappa shape index (κ3) is 2.96. The molecule has 0 aliphatic carbocycles. The van der Waals surface area contributed by atoms with Gasteiger partial charge in [-0.05, 0) is 37.1 Å². The molecular formula is C13H17NO4S. The van der Waals surface area contributed by atoms with Crippen molar-refractivity contribution >= 4 is 15.7 Å². The number of hydrogen-bond donors (Lipinski definition) is 1. The van der Waals surface area contributed by atoms with Gasteiger partial charge in [0.2, 0.25) is 0 Å². The first-order valence-corrected chi connectivity index (χ1v) is 8.04. The van der Waals surface area contributed by atoms with E-state index in [4.69, 9.17) is 0 Å². The molecule has 0 aromatic heterocycles. The van der Waals surface area contributed by atoms with Crippen LogP contribution in [0.25, 0.3) is 0 Å². The number of nitrogens with zero attached hydrogens (tertiary/aromatic N) is 1. The smallest absolute Gasteiger partial charge is 0.254 e. The average molecular weight is 283 g/mol. The number of amides is 1. The molecule has 1 atom stereocenters. The number of carbonyl (C=O) groups excluding carboxylic acids is 1. The van der Waals surface area contributed by atoms with Crippen molar-refractivity contribution in [3.05, 3.63) is 29.8 Å². The molecule has 0 saturated carbocycles. The number of sulfone groups is 1. The van der Waals surface area contributed by atoms with Gasteiger partial charge in [-0.15, -0.1) is 0 Å². The van der Waals surface area contributed by atoms with Gasteiger partial charge in [0.25, 0.3) is 5.91 Å². The van der Waals surface area contributed by atoms with Crippen molar-refractivity contribution in [1.29, 1.82) is 0 Å². The van der Waals surface area contributed by atoms with E-state index in [2.05, 4.69) is 0 Å². The number of hydrogen-bond acceptors (Lipinski definition) is 4. The Labute approximate surface area is 112 Å². The molecule has 1 fully saturated rings. The summed E-state index contributed by atoms with van der Waals surface area (Å²) in [7, 11) is -3.24. The zero-order chi connectivity index (χ0) is 14.0. The summed E-state index contributed by atoms with van der Waals surface area (Å²) in [6, 6.07) is 5.79.